The molecule has 0 aliphatic heterocycles. The zero-order valence-corrected chi connectivity index (χ0v) is 19.1. The van der Waals surface area contributed by atoms with Crippen molar-refractivity contribution in [1.82, 2.24) is 16.0 Å². The van der Waals surface area contributed by atoms with Gasteiger partial charge in [0.1, 0.15) is 12.1 Å². The Bertz CT molecular complexity index is 650. The van der Waals surface area contributed by atoms with Gasteiger partial charge in [0.15, 0.2) is 6.04 Å². The second kappa shape index (κ2) is 14.9. The summed E-state index contributed by atoms with van der Waals surface area (Å²) in [6.07, 6.45) is 0.218. The molecule has 14 heteroatoms. The summed E-state index contributed by atoms with van der Waals surface area (Å²) in [6, 6.07) is -4.92. The van der Waals surface area contributed by atoms with Crippen molar-refractivity contribution in [2.45, 2.75) is 56.5 Å². The number of aliphatic hydroxyl groups is 1. The van der Waals surface area contributed by atoms with Crippen LogP contribution in [-0.4, -0.2) is 87.8 Å². The second-order valence-corrected chi connectivity index (χ2v) is 8.11. The van der Waals surface area contributed by atoms with E-state index in [0.717, 1.165) is 0 Å². The standard InChI is InChI=1S/C17H31N5O7S2/c1-8(23)13(17(28)29)22-16(27)11(5-6-31-2)21-15(26)10(3-4-12(19)24)20-14(25)9(18)7-30/h8-11,13,23,30H,3-7,18H2,1-2H3,(H2,19,24)(H,20,25)(H,21,26)(H,22,27)(H,28,29). The molecular weight excluding hydrogens is 450 g/mol. The fourth-order valence-electron chi connectivity index (χ4n) is 2.34. The van der Waals surface area contributed by atoms with Crippen molar-refractivity contribution in [3.8, 4) is 0 Å². The Morgan fingerprint density at radius 2 is 1.52 bits per heavy atom. The molecule has 31 heavy (non-hydrogen) atoms. The zero-order valence-electron chi connectivity index (χ0n) is 17.4. The minimum atomic E-state index is -1.57. The summed E-state index contributed by atoms with van der Waals surface area (Å²) in [6.45, 7) is 1.20. The number of carbonyl (C=O) groups excluding carboxylic acids is 4. The van der Waals surface area contributed by atoms with Crippen molar-refractivity contribution in [1.29, 1.82) is 0 Å². The van der Waals surface area contributed by atoms with E-state index in [1.54, 1.807) is 6.26 Å². The van der Waals surface area contributed by atoms with E-state index in [4.69, 9.17) is 16.6 Å². The van der Waals surface area contributed by atoms with Crippen LogP contribution in [0.15, 0.2) is 0 Å². The highest BCUT2D eigenvalue weighted by Gasteiger charge is 2.31. The second-order valence-electron chi connectivity index (χ2n) is 6.76. The summed E-state index contributed by atoms with van der Waals surface area (Å²) in [5.74, 6) is -3.93. The Balaban J connectivity index is 5.45. The maximum absolute atomic E-state index is 12.7. The van der Waals surface area contributed by atoms with Gasteiger partial charge in [0.25, 0.3) is 0 Å². The van der Waals surface area contributed by atoms with Crippen molar-refractivity contribution in [2.75, 3.05) is 17.8 Å². The molecule has 0 heterocycles. The van der Waals surface area contributed by atoms with Gasteiger partial charge in [0.05, 0.1) is 12.1 Å². The first-order chi connectivity index (χ1) is 14.4. The number of carboxylic acids is 1. The number of hydrogen-bond acceptors (Lipinski definition) is 9. The number of aliphatic carboxylic acids is 1. The van der Waals surface area contributed by atoms with Crippen LogP contribution in [0.2, 0.25) is 0 Å². The lowest BCUT2D eigenvalue weighted by atomic mass is 10.1. The number of amides is 4. The largest absolute Gasteiger partial charge is 0.480 e. The smallest absolute Gasteiger partial charge is 0.328 e. The molecule has 0 aromatic heterocycles. The minimum Gasteiger partial charge on any atom is -0.480 e. The normalized spacial score (nSPS) is 15.6. The number of thioether (sulfide) groups is 1. The highest BCUT2D eigenvalue weighted by Crippen LogP contribution is 2.06. The fourth-order valence-corrected chi connectivity index (χ4v) is 2.97. The summed E-state index contributed by atoms with van der Waals surface area (Å²) < 4.78 is 0. The molecule has 178 valence electrons. The van der Waals surface area contributed by atoms with Crippen molar-refractivity contribution in [3.05, 3.63) is 0 Å². The lowest BCUT2D eigenvalue weighted by molar-refractivity contribution is -0.145. The monoisotopic (exact) mass is 481 g/mol. The number of nitrogens with two attached hydrogens (primary N) is 2. The van der Waals surface area contributed by atoms with Gasteiger partial charge < -0.3 is 37.6 Å². The number of thiol groups is 1. The number of primary amides is 1. The van der Waals surface area contributed by atoms with Crippen LogP contribution in [0.4, 0.5) is 0 Å². The molecule has 0 saturated heterocycles. The molecule has 0 bridgehead atoms. The molecule has 0 aromatic rings. The Morgan fingerprint density at radius 1 is 1.00 bits per heavy atom. The van der Waals surface area contributed by atoms with Crippen LogP contribution in [0.3, 0.4) is 0 Å². The maximum atomic E-state index is 12.7. The average Bonchev–Trinajstić information content (AvgIpc) is 2.70. The summed E-state index contributed by atoms with van der Waals surface area (Å²) in [7, 11) is 0. The van der Waals surface area contributed by atoms with E-state index in [1.165, 1.54) is 18.7 Å². The van der Waals surface area contributed by atoms with Crippen molar-refractivity contribution >= 4 is 54.0 Å². The lowest BCUT2D eigenvalue weighted by Crippen LogP contribution is -2.58. The van der Waals surface area contributed by atoms with Crippen LogP contribution in [-0.2, 0) is 24.0 Å². The average molecular weight is 482 g/mol. The molecule has 12 nitrogen and oxygen atoms in total. The van der Waals surface area contributed by atoms with Crippen LogP contribution in [0.25, 0.3) is 0 Å². The van der Waals surface area contributed by atoms with E-state index in [0.29, 0.717) is 5.75 Å². The molecule has 0 spiro atoms. The van der Waals surface area contributed by atoms with Gasteiger partial charge >= 0.3 is 5.97 Å². The number of aliphatic hydroxyl groups excluding tert-OH is 1. The molecule has 0 fully saturated rings. The van der Waals surface area contributed by atoms with E-state index < -0.39 is 59.9 Å². The third kappa shape index (κ3) is 11.2. The molecule has 0 radical (unpaired) electrons. The Kier molecular flexibility index (Phi) is 13.9. The first kappa shape index (κ1) is 29.0. The van der Waals surface area contributed by atoms with Crippen LogP contribution in [0, 0.1) is 0 Å². The van der Waals surface area contributed by atoms with Gasteiger partial charge in [0.2, 0.25) is 23.6 Å². The maximum Gasteiger partial charge on any atom is 0.328 e. The topological polar surface area (TPSA) is 214 Å². The first-order valence-electron chi connectivity index (χ1n) is 9.40. The van der Waals surface area contributed by atoms with E-state index in [1.807, 2.05) is 0 Å². The minimum absolute atomic E-state index is 0.0185. The highest BCUT2D eigenvalue weighted by molar-refractivity contribution is 7.98. The fraction of sp³-hybridized carbons (Fsp3) is 0.706. The van der Waals surface area contributed by atoms with Gasteiger partial charge in [-0.05, 0) is 31.8 Å². The van der Waals surface area contributed by atoms with Crippen molar-refractivity contribution in [2.24, 2.45) is 11.5 Å². The summed E-state index contributed by atoms with van der Waals surface area (Å²) in [5.41, 5.74) is 10.7. The van der Waals surface area contributed by atoms with Crippen LogP contribution in [0.1, 0.15) is 26.2 Å². The first-order valence-corrected chi connectivity index (χ1v) is 11.4. The van der Waals surface area contributed by atoms with E-state index in [9.17, 15) is 29.1 Å². The SMILES string of the molecule is CSCCC(NC(=O)C(CCC(N)=O)NC(=O)C(N)CS)C(=O)NC(C(=O)O)C(C)O. The van der Waals surface area contributed by atoms with Gasteiger partial charge in [-0.1, -0.05) is 0 Å². The number of rotatable bonds is 15. The molecule has 0 aromatic carbocycles. The lowest BCUT2D eigenvalue weighted by Gasteiger charge is -2.25. The highest BCUT2D eigenvalue weighted by atomic mass is 32.2. The van der Waals surface area contributed by atoms with E-state index in [2.05, 4.69) is 28.6 Å². The summed E-state index contributed by atoms with van der Waals surface area (Å²) in [4.78, 5) is 59.7. The quantitative estimate of drug-likeness (QED) is 0.113. The van der Waals surface area contributed by atoms with Gasteiger partial charge in [0, 0.05) is 12.2 Å². The van der Waals surface area contributed by atoms with Gasteiger partial charge in [-0.25, -0.2) is 4.79 Å². The van der Waals surface area contributed by atoms with E-state index in [-0.39, 0.29) is 25.0 Å². The summed E-state index contributed by atoms with van der Waals surface area (Å²) >= 11 is 5.31. The Hall–Kier alpha value is -2.03. The van der Waals surface area contributed by atoms with Gasteiger partial charge in [-0.2, -0.15) is 24.4 Å². The van der Waals surface area contributed by atoms with Gasteiger partial charge in [-0.15, -0.1) is 0 Å². The Labute approximate surface area is 190 Å². The van der Waals surface area contributed by atoms with Gasteiger partial charge in [-0.3, -0.25) is 19.2 Å². The zero-order chi connectivity index (χ0) is 24.1. The predicted octanol–water partition coefficient (Wildman–Crippen LogP) is -2.82. The molecule has 0 aliphatic rings. The Morgan fingerprint density at radius 3 is 1.97 bits per heavy atom. The third-order valence-corrected chi connectivity index (χ3v) is 5.17. The molecule has 0 rings (SSSR count). The molecule has 0 aliphatic carbocycles. The summed E-state index contributed by atoms with van der Waals surface area (Å²) in [5, 5.41) is 25.7. The number of carboxylic acid groups (broad SMARTS) is 1. The molecule has 4 amide bonds. The molecule has 5 atom stereocenters. The molecule has 5 unspecified atom stereocenters. The van der Waals surface area contributed by atoms with Crippen LogP contribution in [0.5, 0.6) is 0 Å². The number of nitrogens with one attached hydrogen (secondary N) is 3. The number of hydrogen-bond donors (Lipinski definition) is 8. The third-order valence-electron chi connectivity index (χ3n) is 4.14. The van der Waals surface area contributed by atoms with Crippen LogP contribution < -0.4 is 27.4 Å². The molecule has 0 saturated carbocycles. The predicted molar refractivity (Wildman–Crippen MR) is 118 cm³/mol. The molecule has 9 N–H and O–H groups in total. The number of carbonyl (C=O) groups is 5. The van der Waals surface area contributed by atoms with Crippen molar-refractivity contribution in [3.63, 3.8) is 0 Å². The molecular formula is C17H31N5O7S2. The van der Waals surface area contributed by atoms with E-state index >= 15 is 0 Å². The van der Waals surface area contributed by atoms with Crippen molar-refractivity contribution < 1.29 is 34.2 Å². The van der Waals surface area contributed by atoms with Crippen LogP contribution >= 0.6 is 24.4 Å².